The Balaban J connectivity index is 1.17. The van der Waals surface area contributed by atoms with Gasteiger partial charge in [0.05, 0.1) is 5.69 Å². The molecule has 1 aromatic carbocycles. The fraction of sp³-hybridized carbons (Fsp3) is 0.538. The number of likely N-dealkylation sites (N-methyl/N-ethyl adjacent to an activating group) is 1. The predicted octanol–water partition coefficient (Wildman–Crippen LogP) is 3.89. The number of aromatic amines is 1. The van der Waals surface area contributed by atoms with Crippen molar-refractivity contribution in [2.45, 2.75) is 63.8 Å². The number of hydrogen-bond acceptors (Lipinski definition) is 4. The molecule has 188 valence electrons. The maximum Gasteiger partial charge on any atom is 0.325 e. The smallest absolute Gasteiger partial charge is 0.325 e. The van der Waals surface area contributed by atoms with Crippen LogP contribution in [-0.4, -0.2) is 63.5 Å². The van der Waals surface area contributed by atoms with Crippen molar-refractivity contribution >= 4 is 17.8 Å². The minimum absolute atomic E-state index is 0.210. The van der Waals surface area contributed by atoms with Crippen LogP contribution in [-0.2, 0) is 16.0 Å². The van der Waals surface area contributed by atoms with Crippen molar-refractivity contribution in [1.29, 1.82) is 0 Å². The van der Waals surface area contributed by atoms with Crippen LogP contribution < -0.4 is 5.32 Å². The van der Waals surface area contributed by atoms with Gasteiger partial charge in [0.25, 0.3) is 5.91 Å². The summed E-state index contributed by atoms with van der Waals surface area (Å²) < 4.78 is 13.1. The van der Waals surface area contributed by atoms with Gasteiger partial charge in [-0.3, -0.25) is 19.6 Å². The number of unbranched alkanes of at least 4 members (excludes halogenated alkanes) is 2. The molecule has 4 rings (SSSR count). The van der Waals surface area contributed by atoms with Crippen molar-refractivity contribution in [2.75, 3.05) is 20.1 Å². The van der Waals surface area contributed by atoms with Gasteiger partial charge in [0.15, 0.2) is 0 Å². The number of amides is 4. The van der Waals surface area contributed by atoms with E-state index in [9.17, 15) is 18.8 Å². The van der Waals surface area contributed by atoms with E-state index in [-0.39, 0.29) is 24.2 Å². The highest BCUT2D eigenvalue weighted by Gasteiger charge is 2.52. The fourth-order valence-electron chi connectivity index (χ4n) is 4.89. The molecule has 0 bridgehead atoms. The molecule has 2 fully saturated rings. The quantitative estimate of drug-likeness (QED) is 0.418. The lowest BCUT2D eigenvalue weighted by molar-refractivity contribution is -0.139. The summed E-state index contributed by atoms with van der Waals surface area (Å²) in [5.41, 5.74) is 1.85. The number of urea groups is 1. The minimum atomic E-state index is -0.814. The summed E-state index contributed by atoms with van der Waals surface area (Å²) in [6.45, 7) is 2.51. The molecule has 1 spiro atoms. The van der Waals surface area contributed by atoms with Gasteiger partial charge in [-0.25, -0.2) is 9.18 Å². The molecular weight excluding hydrogens is 449 g/mol. The third-order valence-corrected chi connectivity index (χ3v) is 7.30. The summed E-state index contributed by atoms with van der Waals surface area (Å²) in [6, 6.07) is 7.77. The molecule has 1 aromatic heterocycles. The third-order valence-electron chi connectivity index (χ3n) is 7.30. The minimum Gasteiger partial charge on any atom is -0.344 e. The van der Waals surface area contributed by atoms with E-state index in [2.05, 4.69) is 22.4 Å². The van der Waals surface area contributed by atoms with Crippen molar-refractivity contribution in [1.82, 2.24) is 25.3 Å². The Morgan fingerprint density at radius 2 is 1.89 bits per heavy atom. The molecule has 35 heavy (non-hydrogen) atoms. The molecule has 0 unspecified atom stereocenters. The third kappa shape index (κ3) is 5.71. The molecular formula is C26H34FN5O3. The van der Waals surface area contributed by atoms with E-state index < -0.39 is 11.6 Å². The van der Waals surface area contributed by atoms with Crippen LogP contribution in [0.25, 0.3) is 11.3 Å². The summed E-state index contributed by atoms with van der Waals surface area (Å²) in [4.78, 5) is 40.7. The van der Waals surface area contributed by atoms with E-state index in [0.717, 1.165) is 60.4 Å². The number of benzene rings is 1. The summed E-state index contributed by atoms with van der Waals surface area (Å²) >= 11 is 0. The molecule has 2 aromatic rings. The first-order valence-corrected chi connectivity index (χ1v) is 12.5. The van der Waals surface area contributed by atoms with Gasteiger partial charge in [0.1, 0.15) is 17.9 Å². The summed E-state index contributed by atoms with van der Waals surface area (Å²) in [6.07, 6.45) is 6.59. The van der Waals surface area contributed by atoms with Crippen LogP contribution in [0.15, 0.2) is 30.3 Å². The Morgan fingerprint density at radius 3 is 2.60 bits per heavy atom. The first-order valence-electron chi connectivity index (χ1n) is 12.5. The summed E-state index contributed by atoms with van der Waals surface area (Å²) in [7, 11) is 1.71. The summed E-state index contributed by atoms with van der Waals surface area (Å²) in [5, 5.41) is 10.2. The van der Waals surface area contributed by atoms with Crippen LogP contribution in [0, 0.1) is 11.7 Å². The van der Waals surface area contributed by atoms with Crippen LogP contribution in [0.1, 0.15) is 57.6 Å². The van der Waals surface area contributed by atoms with Gasteiger partial charge in [-0.1, -0.05) is 13.3 Å². The highest BCUT2D eigenvalue weighted by molar-refractivity contribution is 6.09. The number of carbonyl (C=O) groups excluding carboxylic acids is 3. The maximum absolute atomic E-state index is 13.1. The van der Waals surface area contributed by atoms with E-state index >= 15 is 0 Å². The second kappa shape index (κ2) is 10.6. The van der Waals surface area contributed by atoms with Gasteiger partial charge in [-0.15, -0.1) is 0 Å². The zero-order chi connectivity index (χ0) is 25.0. The zero-order valence-electron chi connectivity index (χ0n) is 20.5. The SMILES string of the molecule is CC1CCC2(CC1)NC(=O)N(CC(=O)N(C)CCCCCc1cc(-c3ccc(F)cc3)n[nH]1)C2=O. The average Bonchev–Trinajstić information content (AvgIpc) is 3.40. The lowest BCUT2D eigenvalue weighted by Gasteiger charge is -2.33. The van der Waals surface area contributed by atoms with E-state index in [1.54, 1.807) is 24.1 Å². The average molecular weight is 484 g/mol. The van der Waals surface area contributed by atoms with Crippen LogP contribution >= 0.6 is 0 Å². The Bertz CT molecular complexity index is 1060. The molecule has 9 heteroatoms. The topological polar surface area (TPSA) is 98.4 Å². The van der Waals surface area contributed by atoms with Crippen molar-refractivity contribution in [3.63, 3.8) is 0 Å². The molecule has 2 heterocycles. The van der Waals surface area contributed by atoms with E-state index in [1.807, 2.05) is 6.07 Å². The van der Waals surface area contributed by atoms with E-state index in [0.29, 0.717) is 25.3 Å². The Morgan fingerprint density at radius 1 is 1.17 bits per heavy atom. The second-order valence-corrected chi connectivity index (χ2v) is 10.00. The van der Waals surface area contributed by atoms with Crippen molar-refractivity contribution in [2.24, 2.45) is 5.92 Å². The number of carbonyl (C=O) groups is 3. The first-order chi connectivity index (χ1) is 16.8. The van der Waals surface area contributed by atoms with Gasteiger partial charge < -0.3 is 10.2 Å². The highest BCUT2D eigenvalue weighted by Crippen LogP contribution is 2.36. The van der Waals surface area contributed by atoms with Gasteiger partial charge in [0, 0.05) is 24.8 Å². The number of nitrogens with zero attached hydrogens (tertiary/aromatic N) is 3. The largest absolute Gasteiger partial charge is 0.344 e. The maximum atomic E-state index is 13.1. The van der Waals surface area contributed by atoms with Crippen LogP contribution in [0.3, 0.4) is 0 Å². The van der Waals surface area contributed by atoms with Crippen molar-refractivity contribution < 1.29 is 18.8 Å². The molecule has 1 aliphatic carbocycles. The number of aromatic nitrogens is 2. The van der Waals surface area contributed by atoms with Crippen LogP contribution in [0.4, 0.5) is 9.18 Å². The monoisotopic (exact) mass is 483 g/mol. The van der Waals surface area contributed by atoms with Gasteiger partial charge in [-0.05, 0) is 81.2 Å². The molecule has 2 aliphatic rings. The standard InChI is InChI=1S/C26H34FN5O3/c1-18-11-13-26(14-12-18)24(34)32(25(35)28-26)17-23(33)31(2)15-5-3-4-6-21-16-22(30-29-21)19-7-9-20(27)10-8-19/h7-10,16,18H,3-6,11-15,17H2,1-2H3,(H,28,35)(H,29,30). The normalized spacial score (nSPS) is 22.0. The van der Waals surface area contributed by atoms with Gasteiger partial charge in [0.2, 0.25) is 5.91 Å². The number of rotatable bonds is 9. The van der Waals surface area contributed by atoms with Crippen LogP contribution in [0.2, 0.25) is 0 Å². The lowest BCUT2D eigenvalue weighted by atomic mass is 9.77. The van der Waals surface area contributed by atoms with Gasteiger partial charge in [-0.2, -0.15) is 5.10 Å². The van der Waals surface area contributed by atoms with Crippen molar-refractivity contribution in [3.05, 3.63) is 41.8 Å². The zero-order valence-corrected chi connectivity index (χ0v) is 20.5. The Labute approximate surface area is 205 Å². The van der Waals surface area contributed by atoms with Crippen LogP contribution in [0.5, 0.6) is 0 Å². The van der Waals surface area contributed by atoms with Crippen molar-refractivity contribution in [3.8, 4) is 11.3 Å². The number of H-pyrrole nitrogens is 1. The first kappa shape index (κ1) is 24.9. The lowest BCUT2D eigenvalue weighted by Crippen LogP contribution is -2.50. The molecule has 0 atom stereocenters. The van der Waals surface area contributed by atoms with E-state index in [1.165, 1.54) is 12.1 Å². The predicted molar refractivity (Wildman–Crippen MR) is 130 cm³/mol. The molecule has 1 saturated heterocycles. The molecule has 0 radical (unpaired) electrons. The number of nitrogens with one attached hydrogen (secondary N) is 2. The Kier molecular flexibility index (Phi) is 7.52. The molecule has 2 N–H and O–H groups in total. The number of aryl methyl sites for hydroxylation is 1. The number of imide groups is 1. The van der Waals surface area contributed by atoms with E-state index in [4.69, 9.17) is 0 Å². The number of halogens is 1. The number of hydrogen-bond donors (Lipinski definition) is 2. The molecule has 1 saturated carbocycles. The second-order valence-electron chi connectivity index (χ2n) is 10.00. The summed E-state index contributed by atoms with van der Waals surface area (Å²) in [5.74, 6) is -0.203. The highest BCUT2D eigenvalue weighted by atomic mass is 19.1. The molecule has 1 aliphatic heterocycles. The molecule has 8 nitrogen and oxygen atoms in total. The Hall–Kier alpha value is -3.23. The van der Waals surface area contributed by atoms with Gasteiger partial charge >= 0.3 is 6.03 Å². The fourth-order valence-corrected chi connectivity index (χ4v) is 4.89. The molecule has 4 amide bonds.